The number of amides is 1. The monoisotopic (exact) mass is 294 g/mol. The number of nitrogens with two attached hydrogens (primary N) is 1. The lowest BCUT2D eigenvalue weighted by Gasteiger charge is -2.11. The topological polar surface area (TPSA) is 94.9 Å². The SMILES string of the molecule is Cc1cccnc1-c1nc(-c2ncco2)cc(C(N)=O)c1C. The van der Waals surface area contributed by atoms with Crippen molar-refractivity contribution in [1.29, 1.82) is 0 Å². The van der Waals surface area contributed by atoms with Crippen LogP contribution in [-0.2, 0) is 0 Å². The standard InChI is InChI=1S/C16H14N4O2/c1-9-4-3-5-18-13(9)14-10(2)11(15(17)21)8-12(20-14)16-19-6-7-22-16/h3-8H,1-2H3,(H2,17,21). The van der Waals surface area contributed by atoms with Gasteiger partial charge >= 0.3 is 0 Å². The molecule has 0 aliphatic rings. The summed E-state index contributed by atoms with van der Waals surface area (Å²) >= 11 is 0. The van der Waals surface area contributed by atoms with Crippen LogP contribution in [0.4, 0.5) is 0 Å². The number of nitrogens with zero attached hydrogens (tertiary/aromatic N) is 3. The Kier molecular flexibility index (Phi) is 3.42. The van der Waals surface area contributed by atoms with E-state index in [-0.39, 0.29) is 0 Å². The third kappa shape index (κ3) is 2.35. The number of hydrogen-bond acceptors (Lipinski definition) is 5. The zero-order chi connectivity index (χ0) is 15.7. The fourth-order valence-corrected chi connectivity index (χ4v) is 2.29. The summed E-state index contributed by atoms with van der Waals surface area (Å²) in [6.07, 6.45) is 4.66. The van der Waals surface area contributed by atoms with E-state index in [4.69, 9.17) is 10.2 Å². The highest BCUT2D eigenvalue weighted by molar-refractivity contribution is 5.96. The summed E-state index contributed by atoms with van der Waals surface area (Å²) in [5, 5.41) is 0. The second-order valence-corrected chi connectivity index (χ2v) is 4.90. The van der Waals surface area contributed by atoms with E-state index in [2.05, 4.69) is 15.0 Å². The molecule has 22 heavy (non-hydrogen) atoms. The molecule has 3 heterocycles. The van der Waals surface area contributed by atoms with E-state index in [9.17, 15) is 4.79 Å². The van der Waals surface area contributed by atoms with Crippen LogP contribution in [0.2, 0.25) is 0 Å². The van der Waals surface area contributed by atoms with Gasteiger partial charge in [0, 0.05) is 11.8 Å². The van der Waals surface area contributed by atoms with E-state index >= 15 is 0 Å². The molecular weight excluding hydrogens is 280 g/mol. The van der Waals surface area contributed by atoms with Crippen LogP contribution < -0.4 is 5.73 Å². The van der Waals surface area contributed by atoms with Crippen LogP contribution in [0.1, 0.15) is 21.5 Å². The Morgan fingerprint density at radius 2 is 2.00 bits per heavy atom. The van der Waals surface area contributed by atoms with Gasteiger partial charge in [-0.2, -0.15) is 0 Å². The number of aromatic nitrogens is 3. The first-order valence-corrected chi connectivity index (χ1v) is 6.71. The third-order valence-corrected chi connectivity index (χ3v) is 3.42. The Balaban J connectivity index is 2.30. The van der Waals surface area contributed by atoms with E-state index in [1.54, 1.807) is 19.2 Å². The van der Waals surface area contributed by atoms with Crippen molar-refractivity contribution in [2.75, 3.05) is 0 Å². The van der Waals surface area contributed by atoms with Gasteiger partial charge in [-0.05, 0) is 37.1 Å². The van der Waals surface area contributed by atoms with Crippen molar-refractivity contribution in [1.82, 2.24) is 15.0 Å². The number of carbonyl (C=O) groups excluding carboxylic acids is 1. The number of primary amides is 1. The summed E-state index contributed by atoms with van der Waals surface area (Å²) in [5.41, 5.74) is 9.26. The van der Waals surface area contributed by atoms with Crippen LogP contribution in [0.25, 0.3) is 23.0 Å². The number of pyridine rings is 2. The highest BCUT2D eigenvalue weighted by Crippen LogP contribution is 2.28. The first-order chi connectivity index (χ1) is 10.6. The second-order valence-electron chi connectivity index (χ2n) is 4.90. The molecule has 0 saturated carbocycles. The number of oxazole rings is 1. The van der Waals surface area contributed by atoms with E-state index < -0.39 is 5.91 Å². The third-order valence-electron chi connectivity index (χ3n) is 3.42. The van der Waals surface area contributed by atoms with Crippen LogP contribution in [0.3, 0.4) is 0 Å². The van der Waals surface area contributed by atoms with Gasteiger partial charge in [0.2, 0.25) is 11.8 Å². The van der Waals surface area contributed by atoms with Crippen molar-refractivity contribution in [2.45, 2.75) is 13.8 Å². The molecular formula is C16H14N4O2. The lowest BCUT2D eigenvalue weighted by atomic mass is 10.0. The van der Waals surface area contributed by atoms with E-state index in [1.165, 1.54) is 12.5 Å². The molecule has 1 amide bonds. The van der Waals surface area contributed by atoms with Gasteiger partial charge < -0.3 is 10.2 Å². The van der Waals surface area contributed by atoms with Gasteiger partial charge in [0.15, 0.2) is 0 Å². The van der Waals surface area contributed by atoms with Crippen molar-refractivity contribution in [3.63, 3.8) is 0 Å². The zero-order valence-electron chi connectivity index (χ0n) is 12.2. The molecule has 3 rings (SSSR count). The molecule has 6 heteroatoms. The average Bonchev–Trinajstić information content (AvgIpc) is 3.02. The second kappa shape index (κ2) is 5.40. The molecule has 110 valence electrons. The average molecular weight is 294 g/mol. The Bertz CT molecular complexity index is 841. The molecule has 0 radical (unpaired) electrons. The van der Waals surface area contributed by atoms with Gasteiger partial charge in [-0.1, -0.05) is 6.07 Å². The van der Waals surface area contributed by atoms with Gasteiger partial charge in [-0.3, -0.25) is 9.78 Å². The van der Waals surface area contributed by atoms with Crippen LogP contribution in [0.15, 0.2) is 41.3 Å². The summed E-state index contributed by atoms with van der Waals surface area (Å²) in [4.78, 5) is 24.7. The van der Waals surface area contributed by atoms with Crippen molar-refractivity contribution in [3.8, 4) is 23.0 Å². The predicted molar refractivity (Wildman–Crippen MR) is 81.0 cm³/mol. The maximum atomic E-state index is 11.7. The summed E-state index contributed by atoms with van der Waals surface area (Å²) in [5.74, 6) is -0.195. The molecule has 0 saturated heterocycles. The zero-order valence-corrected chi connectivity index (χ0v) is 12.2. The minimum Gasteiger partial charge on any atom is -0.443 e. The Hall–Kier alpha value is -3.02. The molecule has 0 aliphatic heterocycles. The predicted octanol–water partition coefficient (Wildman–Crippen LogP) is 2.51. The molecule has 2 N–H and O–H groups in total. The van der Waals surface area contributed by atoms with Crippen molar-refractivity contribution in [3.05, 3.63) is 53.5 Å². The first-order valence-electron chi connectivity index (χ1n) is 6.71. The van der Waals surface area contributed by atoms with E-state index in [0.29, 0.717) is 34.1 Å². The number of aryl methyl sites for hydroxylation is 1. The van der Waals surface area contributed by atoms with Crippen LogP contribution in [0.5, 0.6) is 0 Å². The quantitative estimate of drug-likeness (QED) is 0.800. The van der Waals surface area contributed by atoms with Crippen molar-refractivity contribution >= 4 is 5.91 Å². The number of rotatable bonds is 3. The maximum absolute atomic E-state index is 11.7. The van der Waals surface area contributed by atoms with E-state index in [0.717, 1.165) is 5.56 Å². The fraction of sp³-hybridized carbons (Fsp3) is 0.125. The van der Waals surface area contributed by atoms with Crippen molar-refractivity contribution in [2.24, 2.45) is 5.73 Å². The molecule has 0 fully saturated rings. The molecule has 0 spiro atoms. The molecule has 3 aromatic rings. The first kappa shape index (κ1) is 13.9. The molecule has 0 aromatic carbocycles. The minimum atomic E-state index is -0.525. The number of carbonyl (C=O) groups is 1. The van der Waals surface area contributed by atoms with Gasteiger partial charge in [-0.25, -0.2) is 9.97 Å². The molecule has 0 atom stereocenters. The van der Waals surface area contributed by atoms with Gasteiger partial charge in [0.05, 0.1) is 17.6 Å². The van der Waals surface area contributed by atoms with Gasteiger partial charge in [0.1, 0.15) is 12.0 Å². The summed E-state index contributed by atoms with van der Waals surface area (Å²) in [7, 11) is 0. The molecule has 3 aromatic heterocycles. The highest BCUT2D eigenvalue weighted by Gasteiger charge is 2.18. The Morgan fingerprint density at radius 1 is 1.18 bits per heavy atom. The molecule has 0 unspecified atom stereocenters. The molecule has 0 aliphatic carbocycles. The highest BCUT2D eigenvalue weighted by atomic mass is 16.3. The molecule has 6 nitrogen and oxygen atoms in total. The minimum absolute atomic E-state index is 0.331. The summed E-state index contributed by atoms with van der Waals surface area (Å²) in [6, 6.07) is 5.37. The Labute approximate surface area is 127 Å². The largest absolute Gasteiger partial charge is 0.443 e. The van der Waals surface area contributed by atoms with Crippen LogP contribution in [-0.4, -0.2) is 20.9 Å². The number of hydrogen-bond donors (Lipinski definition) is 1. The van der Waals surface area contributed by atoms with Gasteiger partial charge in [0.25, 0.3) is 0 Å². The smallest absolute Gasteiger partial charge is 0.249 e. The lowest BCUT2D eigenvalue weighted by Crippen LogP contribution is -2.14. The normalized spacial score (nSPS) is 10.6. The fourth-order valence-electron chi connectivity index (χ4n) is 2.29. The molecule has 0 bridgehead atoms. The summed E-state index contributed by atoms with van der Waals surface area (Å²) in [6.45, 7) is 3.74. The van der Waals surface area contributed by atoms with Crippen LogP contribution >= 0.6 is 0 Å². The van der Waals surface area contributed by atoms with E-state index in [1.807, 2.05) is 19.1 Å². The van der Waals surface area contributed by atoms with Crippen LogP contribution in [0, 0.1) is 13.8 Å². The summed E-state index contributed by atoms with van der Waals surface area (Å²) < 4.78 is 5.27. The van der Waals surface area contributed by atoms with Crippen molar-refractivity contribution < 1.29 is 9.21 Å². The van der Waals surface area contributed by atoms with Gasteiger partial charge in [-0.15, -0.1) is 0 Å². The maximum Gasteiger partial charge on any atom is 0.249 e. The Morgan fingerprint density at radius 3 is 2.64 bits per heavy atom. The lowest BCUT2D eigenvalue weighted by molar-refractivity contribution is 0.0999.